The molecule has 0 spiro atoms. The third-order valence-electron chi connectivity index (χ3n) is 3.54. The van der Waals surface area contributed by atoms with Gasteiger partial charge < -0.3 is 19.9 Å². The van der Waals surface area contributed by atoms with Gasteiger partial charge in [-0.3, -0.25) is 4.79 Å². The molecule has 1 aromatic carbocycles. The molecule has 1 amide bonds. The van der Waals surface area contributed by atoms with Crippen LogP contribution in [0.3, 0.4) is 0 Å². The minimum absolute atomic E-state index is 0.123. The number of rotatable bonds is 5. The molecule has 0 saturated carbocycles. The normalized spacial score (nSPS) is 20.2. The van der Waals surface area contributed by atoms with Gasteiger partial charge in [0.25, 0.3) is 5.91 Å². The monoisotopic (exact) mass is 293 g/mol. The van der Waals surface area contributed by atoms with E-state index < -0.39 is 23.5 Å². The molecule has 1 aliphatic rings. The topological polar surface area (TPSA) is 84.9 Å². The van der Waals surface area contributed by atoms with Crippen molar-refractivity contribution < 1.29 is 24.2 Å². The first-order valence-electron chi connectivity index (χ1n) is 6.71. The Labute approximate surface area is 123 Å². The van der Waals surface area contributed by atoms with Crippen molar-refractivity contribution in [2.45, 2.75) is 25.0 Å². The van der Waals surface area contributed by atoms with Crippen LogP contribution in [0.15, 0.2) is 24.3 Å². The number of hydrogen-bond acceptors (Lipinski definition) is 4. The van der Waals surface area contributed by atoms with E-state index in [4.69, 9.17) is 9.47 Å². The molecule has 6 nitrogen and oxygen atoms in total. The van der Waals surface area contributed by atoms with Gasteiger partial charge in [0.2, 0.25) is 0 Å². The van der Waals surface area contributed by atoms with Crippen molar-refractivity contribution >= 4 is 11.9 Å². The van der Waals surface area contributed by atoms with E-state index in [1.165, 1.54) is 14.0 Å². The lowest BCUT2D eigenvalue weighted by Crippen LogP contribution is -2.56. The van der Waals surface area contributed by atoms with Crippen molar-refractivity contribution in [3.63, 3.8) is 0 Å². The van der Waals surface area contributed by atoms with Gasteiger partial charge in [0.15, 0.2) is 11.6 Å². The fourth-order valence-electron chi connectivity index (χ4n) is 2.39. The maximum Gasteiger partial charge on any atom is 0.331 e. The molecule has 1 aliphatic heterocycles. The molecule has 0 bridgehead atoms. The van der Waals surface area contributed by atoms with Crippen LogP contribution in [-0.2, 0) is 25.5 Å². The van der Waals surface area contributed by atoms with E-state index in [0.29, 0.717) is 6.61 Å². The van der Waals surface area contributed by atoms with Crippen molar-refractivity contribution in [3.05, 3.63) is 35.4 Å². The van der Waals surface area contributed by atoms with E-state index in [-0.39, 0.29) is 6.61 Å². The Morgan fingerprint density at radius 1 is 1.48 bits per heavy atom. The summed E-state index contributed by atoms with van der Waals surface area (Å²) in [5.74, 6) is -1.62. The van der Waals surface area contributed by atoms with Gasteiger partial charge in [-0.1, -0.05) is 24.3 Å². The number of benzene rings is 1. The van der Waals surface area contributed by atoms with Crippen LogP contribution in [0, 0.1) is 0 Å². The predicted molar refractivity (Wildman–Crippen MR) is 74.9 cm³/mol. The molecule has 2 atom stereocenters. The van der Waals surface area contributed by atoms with Gasteiger partial charge in [-0.25, -0.2) is 4.79 Å². The quantitative estimate of drug-likeness (QED) is 0.843. The average Bonchev–Trinajstić information content (AvgIpc) is 2.46. The highest BCUT2D eigenvalue weighted by Crippen LogP contribution is 2.27. The number of carboxylic acids is 1. The highest BCUT2D eigenvalue weighted by atomic mass is 16.5. The Balaban J connectivity index is 2.20. The molecule has 0 radical (unpaired) electrons. The largest absolute Gasteiger partial charge is 0.479 e. The summed E-state index contributed by atoms with van der Waals surface area (Å²) in [6.45, 7) is 1.72. The summed E-state index contributed by atoms with van der Waals surface area (Å²) in [5.41, 5.74) is 0.348. The lowest BCUT2D eigenvalue weighted by atomic mass is 9.96. The van der Waals surface area contributed by atoms with E-state index in [1.807, 2.05) is 24.3 Å². The lowest BCUT2D eigenvalue weighted by Gasteiger charge is -2.30. The molecule has 0 aromatic heterocycles. The molecule has 2 unspecified atom stereocenters. The summed E-state index contributed by atoms with van der Waals surface area (Å²) >= 11 is 0. The van der Waals surface area contributed by atoms with E-state index >= 15 is 0 Å². The predicted octanol–water partition coefficient (Wildman–Crippen LogP) is 0.906. The van der Waals surface area contributed by atoms with E-state index in [1.54, 1.807) is 0 Å². The van der Waals surface area contributed by atoms with Crippen molar-refractivity contribution in [3.8, 4) is 0 Å². The number of nitrogens with one attached hydrogen (secondary N) is 1. The van der Waals surface area contributed by atoms with Gasteiger partial charge in [0.1, 0.15) is 0 Å². The maximum atomic E-state index is 12.4. The highest BCUT2D eigenvalue weighted by Gasteiger charge is 2.38. The van der Waals surface area contributed by atoms with Gasteiger partial charge in [-0.05, 0) is 24.5 Å². The molecule has 21 heavy (non-hydrogen) atoms. The molecule has 1 heterocycles. The van der Waals surface area contributed by atoms with Gasteiger partial charge >= 0.3 is 5.97 Å². The van der Waals surface area contributed by atoms with Gasteiger partial charge in [-0.15, -0.1) is 0 Å². The molecular weight excluding hydrogens is 274 g/mol. The molecule has 2 N–H and O–H groups in total. The number of hydrogen-bond donors (Lipinski definition) is 2. The highest BCUT2D eigenvalue weighted by molar-refractivity contribution is 5.89. The molecule has 1 aromatic rings. The van der Waals surface area contributed by atoms with Crippen LogP contribution in [0.2, 0.25) is 0 Å². The first-order valence-corrected chi connectivity index (χ1v) is 6.71. The molecule has 114 valence electrons. The van der Waals surface area contributed by atoms with Crippen LogP contribution < -0.4 is 5.32 Å². The summed E-state index contributed by atoms with van der Waals surface area (Å²) in [6, 6.07) is 7.52. The summed E-state index contributed by atoms with van der Waals surface area (Å²) < 4.78 is 10.4. The van der Waals surface area contributed by atoms with Crippen molar-refractivity contribution in [2.75, 3.05) is 20.3 Å². The maximum absolute atomic E-state index is 12.4. The van der Waals surface area contributed by atoms with Crippen LogP contribution in [0.4, 0.5) is 0 Å². The second-order valence-electron chi connectivity index (χ2n) is 5.26. The summed E-state index contributed by atoms with van der Waals surface area (Å²) in [4.78, 5) is 23.7. The number of ether oxygens (including phenoxy) is 2. The number of carboxylic acid groups (broad SMARTS) is 1. The van der Waals surface area contributed by atoms with Gasteiger partial charge in [-0.2, -0.15) is 0 Å². The van der Waals surface area contributed by atoms with E-state index in [2.05, 4.69) is 5.32 Å². The van der Waals surface area contributed by atoms with E-state index in [9.17, 15) is 14.7 Å². The number of amides is 1. The number of methoxy groups -OCH3 is 1. The number of fused-ring (bicyclic) bond motifs is 1. The number of aliphatic carboxylic acids is 1. The third-order valence-corrected chi connectivity index (χ3v) is 3.54. The minimum atomic E-state index is -1.48. The Kier molecular flexibility index (Phi) is 4.59. The molecule has 6 heteroatoms. The Morgan fingerprint density at radius 2 is 2.19 bits per heavy atom. The fraction of sp³-hybridized carbons (Fsp3) is 0.467. The minimum Gasteiger partial charge on any atom is -0.479 e. The molecule has 0 saturated heterocycles. The molecule has 0 aliphatic carbocycles. The summed E-state index contributed by atoms with van der Waals surface area (Å²) in [7, 11) is 1.39. The van der Waals surface area contributed by atoms with Crippen LogP contribution >= 0.6 is 0 Å². The standard InChI is InChI=1S/C15H19NO5/c1-15(9-20-2,14(18)19)16-13(17)12-11-6-4-3-5-10(11)7-8-21-12/h3-6,12H,7-9H2,1-2H3,(H,16,17)(H,18,19). The molecular formula is C15H19NO5. The van der Waals surface area contributed by atoms with Crippen LogP contribution in [0.1, 0.15) is 24.2 Å². The van der Waals surface area contributed by atoms with Crippen molar-refractivity contribution in [1.29, 1.82) is 0 Å². The zero-order chi connectivity index (χ0) is 15.5. The zero-order valence-electron chi connectivity index (χ0n) is 12.1. The molecule has 2 rings (SSSR count). The first kappa shape index (κ1) is 15.5. The number of carbonyl (C=O) groups excluding carboxylic acids is 1. The van der Waals surface area contributed by atoms with E-state index in [0.717, 1.165) is 17.5 Å². The second kappa shape index (κ2) is 6.24. The van der Waals surface area contributed by atoms with Crippen LogP contribution in [-0.4, -0.2) is 42.8 Å². The average molecular weight is 293 g/mol. The fourth-order valence-corrected chi connectivity index (χ4v) is 2.39. The second-order valence-corrected chi connectivity index (χ2v) is 5.26. The summed E-state index contributed by atoms with van der Waals surface area (Å²) in [5, 5.41) is 11.8. The van der Waals surface area contributed by atoms with Crippen LogP contribution in [0.25, 0.3) is 0 Å². The zero-order valence-corrected chi connectivity index (χ0v) is 12.1. The van der Waals surface area contributed by atoms with Crippen molar-refractivity contribution in [2.24, 2.45) is 0 Å². The Morgan fingerprint density at radius 3 is 2.86 bits per heavy atom. The van der Waals surface area contributed by atoms with Gasteiger partial charge in [0, 0.05) is 7.11 Å². The number of carbonyl (C=O) groups is 2. The Bertz CT molecular complexity index is 545. The smallest absolute Gasteiger partial charge is 0.331 e. The van der Waals surface area contributed by atoms with Crippen molar-refractivity contribution in [1.82, 2.24) is 5.32 Å². The van der Waals surface area contributed by atoms with Crippen LogP contribution in [0.5, 0.6) is 0 Å². The molecule has 0 fully saturated rings. The first-order chi connectivity index (χ1) is 9.98. The lowest BCUT2D eigenvalue weighted by molar-refractivity contribution is -0.152. The third kappa shape index (κ3) is 3.22. The SMILES string of the molecule is COCC(C)(NC(=O)C1OCCc2ccccc21)C(=O)O. The van der Waals surface area contributed by atoms with Gasteiger partial charge in [0.05, 0.1) is 13.2 Å². The summed E-state index contributed by atoms with van der Waals surface area (Å²) in [6.07, 6.45) is -0.0423. The Hall–Kier alpha value is -1.92.